The number of rotatable bonds is 5. The molecular formula is C21H16F2N4O3S. The number of aromatic nitrogens is 2. The van der Waals surface area contributed by atoms with E-state index in [1.807, 2.05) is 30.3 Å². The van der Waals surface area contributed by atoms with E-state index in [2.05, 4.69) is 20.6 Å². The van der Waals surface area contributed by atoms with Crippen molar-refractivity contribution in [1.82, 2.24) is 9.97 Å². The third-order valence-electron chi connectivity index (χ3n) is 4.65. The van der Waals surface area contributed by atoms with Crippen molar-refractivity contribution in [3.63, 3.8) is 0 Å². The number of hydrogen-bond acceptors (Lipinski definition) is 5. The second-order valence-electron chi connectivity index (χ2n) is 6.83. The number of amides is 2. The van der Waals surface area contributed by atoms with Gasteiger partial charge in [-0.05, 0) is 17.7 Å². The molecule has 2 heterocycles. The number of carbonyl (C=O) groups is 2. The van der Waals surface area contributed by atoms with Crippen molar-refractivity contribution >= 4 is 35.1 Å². The third-order valence-corrected chi connectivity index (χ3v) is 5.60. The Balaban J connectivity index is 1.59. The second-order valence-corrected chi connectivity index (χ2v) is 7.79. The lowest BCUT2D eigenvalue weighted by molar-refractivity contribution is -0.123. The molecule has 2 amide bonds. The normalized spacial score (nSPS) is 15.2. The highest BCUT2D eigenvalue weighted by Crippen LogP contribution is 2.31. The quantitative estimate of drug-likeness (QED) is 0.415. The number of benzene rings is 2. The SMILES string of the molecule is O=C1CC(C(=O)Nc2ccc(F)cc2F)c2c(nc(SCc3ccccc3)[nH]c2=O)N1. The molecule has 0 aliphatic carbocycles. The number of anilines is 2. The number of halogens is 2. The zero-order valence-electron chi connectivity index (χ0n) is 15.9. The summed E-state index contributed by atoms with van der Waals surface area (Å²) in [7, 11) is 0. The largest absolute Gasteiger partial charge is 0.323 e. The van der Waals surface area contributed by atoms with Crippen LogP contribution in [0.25, 0.3) is 0 Å². The maximum atomic E-state index is 13.9. The van der Waals surface area contributed by atoms with E-state index in [1.54, 1.807) is 0 Å². The fourth-order valence-electron chi connectivity index (χ4n) is 3.18. The minimum Gasteiger partial charge on any atom is -0.323 e. The van der Waals surface area contributed by atoms with E-state index in [4.69, 9.17) is 0 Å². The van der Waals surface area contributed by atoms with Gasteiger partial charge in [-0.15, -0.1) is 0 Å². The molecule has 1 aliphatic rings. The van der Waals surface area contributed by atoms with Crippen LogP contribution >= 0.6 is 11.8 Å². The van der Waals surface area contributed by atoms with Crippen LogP contribution in [-0.2, 0) is 15.3 Å². The lowest BCUT2D eigenvalue weighted by Crippen LogP contribution is -2.36. The number of hydrogen-bond donors (Lipinski definition) is 3. The smallest absolute Gasteiger partial charge is 0.257 e. The Morgan fingerprint density at radius 2 is 1.94 bits per heavy atom. The molecule has 1 aliphatic heterocycles. The third kappa shape index (κ3) is 4.64. The fraction of sp³-hybridized carbons (Fsp3) is 0.143. The van der Waals surface area contributed by atoms with Gasteiger partial charge in [0.25, 0.3) is 5.56 Å². The molecule has 4 rings (SSSR count). The van der Waals surface area contributed by atoms with Crippen molar-refractivity contribution in [3.8, 4) is 0 Å². The van der Waals surface area contributed by atoms with Crippen molar-refractivity contribution in [2.75, 3.05) is 10.6 Å². The molecule has 1 aromatic heterocycles. The van der Waals surface area contributed by atoms with Crippen LogP contribution in [0.3, 0.4) is 0 Å². The van der Waals surface area contributed by atoms with Crippen LogP contribution in [0.15, 0.2) is 58.5 Å². The van der Waals surface area contributed by atoms with Crippen LogP contribution in [0.4, 0.5) is 20.3 Å². The van der Waals surface area contributed by atoms with Crippen molar-refractivity contribution in [2.45, 2.75) is 23.2 Å². The first-order valence-electron chi connectivity index (χ1n) is 9.27. The Labute approximate surface area is 179 Å². The summed E-state index contributed by atoms with van der Waals surface area (Å²) in [5, 5.41) is 5.12. The molecule has 0 saturated heterocycles. The molecular weight excluding hydrogens is 426 g/mol. The van der Waals surface area contributed by atoms with E-state index in [1.165, 1.54) is 11.8 Å². The fourth-order valence-corrected chi connectivity index (χ4v) is 4.00. The van der Waals surface area contributed by atoms with Crippen molar-refractivity contribution in [3.05, 3.63) is 81.6 Å². The van der Waals surface area contributed by atoms with Gasteiger partial charge >= 0.3 is 0 Å². The van der Waals surface area contributed by atoms with Crippen LogP contribution in [0.5, 0.6) is 0 Å². The van der Waals surface area contributed by atoms with E-state index in [0.29, 0.717) is 17.0 Å². The van der Waals surface area contributed by atoms with Gasteiger partial charge in [-0.1, -0.05) is 42.1 Å². The molecule has 31 heavy (non-hydrogen) atoms. The molecule has 1 atom stereocenters. The summed E-state index contributed by atoms with van der Waals surface area (Å²) in [6.07, 6.45) is -0.303. The summed E-state index contributed by atoms with van der Waals surface area (Å²) in [5.41, 5.74) is 0.192. The Morgan fingerprint density at radius 1 is 1.16 bits per heavy atom. The molecule has 3 N–H and O–H groups in total. The number of fused-ring (bicyclic) bond motifs is 1. The van der Waals surface area contributed by atoms with Crippen LogP contribution < -0.4 is 16.2 Å². The summed E-state index contributed by atoms with van der Waals surface area (Å²) in [4.78, 5) is 44.5. The minimum atomic E-state index is -1.17. The average molecular weight is 442 g/mol. The maximum Gasteiger partial charge on any atom is 0.257 e. The molecule has 0 fully saturated rings. The van der Waals surface area contributed by atoms with Gasteiger partial charge in [-0.3, -0.25) is 14.4 Å². The molecule has 0 bridgehead atoms. The first-order chi connectivity index (χ1) is 14.9. The number of nitrogens with one attached hydrogen (secondary N) is 3. The number of H-pyrrole nitrogens is 1. The van der Waals surface area contributed by atoms with Gasteiger partial charge in [-0.2, -0.15) is 0 Å². The topological polar surface area (TPSA) is 104 Å². The van der Waals surface area contributed by atoms with Crippen molar-refractivity contribution in [2.24, 2.45) is 0 Å². The summed E-state index contributed by atoms with van der Waals surface area (Å²) >= 11 is 1.27. The van der Waals surface area contributed by atoms with E-state index in [0.717, 1.165) is 17.7 Å². The highest BCUT2D eigenvalue weighted by molar-refractivity contribution is 7.98. The van der Waals surface area contributed by atoms with Gasteiger partial charge in [0.05, 0.1) is 17.2 Å². The number of nitrogens with zero attached hydrogens (tertiary/aromatic N) is 1. The molecule has 0 radical (unpaired) electrons. The first-order valence-corrected chi connectivity index (χ1v) is 10.3. The van der Waals surface area contributed by atoms with Crippen molar-refractivity contribution in [1.29, 1.82) is 0 Å². The van der Waals surface area contributed by atoms with Crippen LogP contribution in [0.1, 0.15) is 23.5 Å². The first kappa shape index (κ1) is 20.7. The zero-order valence-corrected chi connectivity index (χ0v) is 16.8. The van der Waals surface area contributed by atoms with Crippen LogP contribution in [0, 0.1) is 11.6 Å². The predicted molar refractivity (Wildman–Crippen MR) is 112 cm³/mol. The molecule has 7 nitrogen and oxygen atoms in total. The number of thioether (sulfide) groups is 1. The Kier molecular flexibility index (Phi) is 5.81. The predicted octanol–water partition coefficient (Wildman–Crippen LogP) is 3.40. The van der Waals surface area contributed by atoms with Gasteiger partial charge in [0.2, 0.25) is 11.8 Å². The van der Waals surface area contributed by atoms with E-state index >= 15 is 0 Å². The van der Waals surface area contributed by atoms with E-state index < -0.39 is 34.9 Å². The maximum absolute atomic E-state index is 13.9. The van der Waals surface area contributed by atoms with Gasteiger partial charge < -0.3 is 15.6 Å². The second kappa shape index (κ2) is 8.68. The Bertz CT molecular complexity index is 1220. The molecule has 2 aromatic carbocycles. The molecule has 0 spiro atoms. The summed E-state index contributed by atoms with van der Waals surface area (Å²) in [6, 6.07) is 12.2. The summed E-state index contributed by atoms with van der Waals surface area (Å²) in [6.45, 7) is 0. The molecule has 0 saturated carbocycles. The minimum absolute atomic E-state index is 0.00436. The zero-order chi connectivity index (χ0) is 22.0. The van der Waals surface area contributed by atoms with Gasteiger partial charge in [0.1, 0.15) is 17.5 Å². The van der Waals surface area contributed by atoms with Gasteiger partial charge in [-0.25, -0.2) is 13.8 Å². The van der Waals surface area contributed by atoms with E-state index in [-0.39, 0.29) is 23.5 Å². The highest BCUT2D eigenvalue weighted by Gasteiger charge is 2.35. The summed E-state index contributed by atoms with van der Waals surface area (Å²) < 4.78 is 27.0. The molecule has 1 unspecified atom stereocenters. The monoisotopic (exact) mass is 442 g/mol. The number of aromatic amines is 1. The Hall–Kier alpha value is -3.53. The molecule has 3 aromatic rings. The lowest BCUT2D eigenvalue weighted by Gasteiger charge is -2.23. The standard InChI is InChI=1S/C21H16F2N4O3S/c22-12-6-7-15(14(23)8-12)24-19(29)13-9-16(28)25-18-17(13)20(30)27-21(26-18)31-10-11-4-2-1-3-5-11/h1-8,13H,9-10H2,(H,24,29)(H2,25,26,27,28,30). The molecule has 158 valence electrons. The molecule has 10 heteroatoms. The van der Waals surface area contributed by atoms with Gasteiger partial charge in [0, 0.05) is 18.2 Å². The van der Waals surface area contributed by atoms with Gasteiger partial charge in [0.15, 0.2) is 5.16 Å². The highest BCUT2D eigenvalue weighted by atomic mass is 32.2. The lowest BCUT2D eigenvalue weighted by atomic mass is 9.92. The Morgan fingerprint density at radius 3 is 2.68 bits per heavy atom. The van der Waals surface area contributed by atoms with Crippen molar-refractivity contribution < 1.29 is 18.4 Å². The van der Waals surface area contributed by atoms with E-state index in [9.17, 15) is 23.2 Å². The number of carbonyl (C=O) groups excluding carboxylic acids is 2. The average Bonchev–Trinajstić information content (AvgIpc) is 2.74. The summed E-state index contributed by atoms with van der Waals surface area (Å²) in [5.74, 6) is -3.65. The van der Waals surface area contributed by atoms with Crippen LogP contribution in [-0.4, -0.2) is 21.8 Å². The van der Waals surface area contributed by atoms with Crippen LogP contribution in [0.2, 0.25) is 0 Å².